The quantitative estimate of drug-likeness (QED) is 0.0298. The Hall–Kier alpha value is -0.830. The maximum atomic E-state index is 19.0. The van der Waals surface area contributed by atoms with Crippen LogP contribution in [-0.4, -0.2) is 182 Å². The second-order valence-corrected chi connectivity index (χ2v) is 25.4. The summed E-state index contributed by atoms with van der Waals surface area (Å²) in [6.07, 6.45) is 0.0542. The number of hydrogen-bond acceptors (Lipinski definition) is 12. The van der Waals surface area contributed by atoms with Gasteiger partial charge in [-0.25, -0.2) is 0 Å². The molecule has 76 heavy (non-hydrogen) atoms. The van der Waals surface area contributed by atoms with Crippen LogP contribution in [0, 0.1) is 23.7 Å². The highest BCUT2D eigenvalue weighted by Crippen LogP contribution is 2.76. The van der Waals surface area contributed by atoms with E-state index in [0.29, 0.717) is 43.6 Å². The molecule has 2 aromatic carbocycles. The number of rotatable bonds is 35. The first kappa shape index (κ1) is 66.0. The van der Waals surface area contributed by atoms with Crippen LogP contribution in [0.2, 0.25) is 0 Å². The van der Waals surface area contributed by atoms with Crippen LogP contribution in [0.5, 0.6) is 5.75 Å². The SMILES string of the molecule is C=CCOCC1(CCOCCOC)OC(COc2ccccc2)(CSC)C(CCNCC)(CSc2ccccc2C)N(C(CCl)(CC(CBr)(CCCl)N(CC)CC)C2(O)CC3CCC2(C)C3(C)C)C1(COC)C(F)(F)F. The van der Waals surface area contributed by atoms with Crippen molar-refractivity contribution >= 4 is 62.7 Å². The van der Waals surface area contributed by atoms with E-state index in [1.165, 1.54) is 36.7 Å². The first-order valence-corrected chi connectivity index (χ1v) is 31.8. The molecule has 0 aromatic heterocycles. The maximum Gasteiger partial charge on any atom is 0.412 e. The highest BCUT2D eigenvalue weighted by molar-refractivity contribution is 9.09. The second kappa shape index (κ2) is 28.0. The zero-order chi connectivity index (χ0) is 56.2. The summed E-state index contributed by atoms with van der Waals surface area (Å²) in [4.78, 5) is 4.98. The smallest absolute Gasteiger partial charge is 0.412 e. The van der Waals surface area contributed by atoms with E-state index in [1.54, 1.807) is 12.0 Å². The third-order valence-electron chi connectivity index (χ3n) is 18.6. The summed E-state index contributed by atoms with van der Waals surface area (Å²) in [6.45, 7) is 19.0. The molecular formula is C58H91BrCl2F3N3O7S2. The van der Waals surface area contributed by atoms with Crippen LogP contribution in [0.1, 0.15) is 92.1 Å². The summed E-state index contributed by atoms with van der Waals surface area (Å²) in [6, 6.07) is 17.4. The van der Waals surface area contributed by atoms with Gasteiger partial charge in [-0.2, -0.15) is 24.9 Å². The number of ether oxygens (including phenoxy) is 6. The normalized spacial score (nSPS) is 30.2. The highest BCUT2D eigenvalue weighted by atomic mass is 79.9. The number of para-hydroxylation sites is 1. The minimum Gasteiger partial charge on any atom is -0.490 e. The molecule has 2 N–H and O–H groups in total. The van der Waals surface area contributed by atoms with Gasteiger partial charge in [0.15, 0.2) is 5.54 Å². The van der Waals surface area contributed by atoms with Crippen molar-refractivity contribution < 1.29 is 46.7 Å². The predicted octanol–water partition coefficient (Wildman–Crippen LogP) is 12.3. The first-order chi connectivity index (χ1) is 36.2. The van der Waals surface area contributed by atoms with Crippen molar-refractivity contribution in [2.24, 2.45) is 16.7 Å². The Morgan fingerprint density at radius 2 is 1.63 bits per heavy atom. The molecule has 0 spiro atoms. The third-order valence-corrected chi connectivity index (χ3v) is 22.4. The fraction of sp³-hybridized carbons (Fsp3) is 0.759. The number of alkyl halides is 6. The minimum absolute atomic E-state index is 0.0135. The molecule has 2 bridgehead atoms. The molecule has 9 unspecified atom stereocenters. The molecule has 0 radical (unpaired) electrons. The molecule has 3 fully saturated rings. The summed E-state index contributed by atoms with van der Waals surface area (Å²) in [7, 11) is 2.88. The van der Waals surface area contributed by atoms with E-state index in [2.05, 4.69) is 67.3 Å². The first-order valence-electron chi connectivity index (χ1n) is 27.2. The fourth-order valence-electron chi connectivity index (χ4n) is 14.3. The number of benzene rings is 2. The largest absolute Gasteiger partial charge is 0.490 e. The van der Waals surface area contributed by atoms with E-state index >= 15 is 18.3 Å². The lowest BCUT2D eigenvalue weighted by Crippen LogP contribution is -2.96. The minimum atomic E-state index is -5.20. The molecule has 2 saturated carbocycles. The Morgan fingerprint density at radius 3 is 2.17 bits per heavy atom. The van der Waals surface area contributed by atoms with Crippen molar-refractivity contribution in [1.29, 1.82) is 0 Å². The van der Waals surface area contributed by atoms with Gasteiger partial charge in [-0.1, -0.05) is 99.9 Å². The summed E-state index contributed by atoms with van der Waals surface area (Å²) in [5.41, 5.74) is -14.2. The number of morpholine rings is 1. The van der Waals surface area contributed by atoms with Gasteiger partial charge in [0.25, 0.3) is 0 Å². The van der Waals surface area contributed by atoms with Crippen LogP contribution >= 0.6 is 62.7 Å². The molecule has 0 amide bonds. The third kappa shape index (κ3) is 11.9. The molecule has 18 heteroatoms. The molecule has 1 aliphatic heterocycles. The Labute approximate surface area is 481 Å². The lowest BCUT2D eigenvalue weighted by molar-refractivity contribution is -0.429. The van der Waals surface area contributed by atoms with Gasteiger partial charge in [0.1, 0.15) is 23.6 Å². The lowest BCUT2D eigenvalue weighted by atomic mass is 9.52. The van der Waals surface area contributed by atoms with Gasteiger partial charge in [0, 0.05) is 71.7 Å². The topological polar surface area (TPSA) is 94.1 Å². The van der Waals surface area contributed by atoms with Gasteiger partial charge in [-0.15, -0.1) is 41.5 Å². The summed E-state index contributed by atoms with van der Waals surface area (Å²) in [5, 5.41) is 19.2. The summed E-state index contributed by atoms with van der Waals surface area (Å²) < 4.78 is 96.6. The number of aliphatic hydroxyl groups is 1. The van der Waals surface area contributed by atoms with Gasteiger partial charge < -0.3 is 38.8 Å². The van der Waals surface area contributed by atoms with Crippen LogP contribution in [0.4, 0.5) is 13.2 Å². The number of nitrogens with zero attached hydrogens (tertiary/aromatic N) is 2. The molecular weight excluding hydrogens is 1120 g/mol. The van der Waals surface area contributed by atoms with Gasteiger partial charge in [-0.05, 0) is 113 Å². The molecule has 434 valence electrons. The number of thioether (sulfide) groups is 2. The fourth-order valence-corrected chi connectivity index (χ4v) is 18.2. The predicted molar refractivity (Wildman–Crippen MR) is 313 cm³/mol. The molecule has 3 aliphatic rings. The van der Waals surface area contributed by atoms with Crippen LogP contribution in [0.15, 0.2) is 72.1 Å². The lowest BCUT2D eigenvalue weighted by Gasteiger charge is -2.77. The van der Waals surface area contributed by atoms with Crippen molar-refractivity contribution in [2.45, 2.75) is 143 Å². The van der Waals surface area contributed by atoms with Crippen molar-refractivity contribution in [3.05, 3.63) is 72.8 Å². The van der Waals surface area contributed by atoms with Crippen LogP contribution in [-0.2, 0) is 23.7 Å². The zero-order valence-electron chi connectivity index (χ0n) is 47.2. The number of halogens is 6. The number of methoxy groups -OCH3 is 2. The average molecular weight is 1210 g/mol. The summed E-state index contributed by atoms with van der Waals surface area (Å²) in [5.74, 6) is 0.496. The Kier molecular flexibility index (Phi) is 24.3. The molecule has 5 rings (SSSR count). The maximum absolute atomic E-state index is 19.0. The van der Waals surface area contributed by atoms with E-state index in [0.717, 1.165) is 16.9 Å². The van der Waals surface area contributed by atoms with Crippen molar-refractivity contribution in [3.63, 3.8) is 0 Å². The van der Waals surface area contributed by atoms with Crippen molar-refractivity contribution in [3.8, 4) is 5.75 Å². The van der Waals surface area contributed by atoms with E-state index in [4.69, 9.17) is 51.6 Å². The highest BCUT2D eigenvalue weighted by Gasteiger charge is 2.87. The van der Waals surface area contributed by atoms with Crippen molar-refractivity contribution in [2.75, 3.05) is 121 Å². The molecule has 2 aromatic rings. The van der Waals surface area contributed by atoms with Crippen molar-refractivity contribution in [1.82, 2.24) is 15.1 Å². The number of aryl methyl sites for hydroxylation is 1. The van der Waals surface area contributed by atoms with E-state index < -0.39 is 75.1 Å². The van der Waals surface area contributed by atoms with E-state index in [-0.39, 0.29) is 88.6 Å². The molecule has 2 aliphatic carbocycles. The Bertz CT molecular complexity index is 2110. The number of hydrogen-bond donors (Lipinski definition) is 2. The van der Waals surface area contributed by atoms with Gasteiger partial charge in [0.2, 0.25) is 0 Å². The Balaban J connectivity index is 2.22. The molecule has 1 saturated heterocycles. The zero-order valence-corrected chi connectivity index (χ0v) is 51.9. The van der Waals surface area contributed by atoms with Gasteiger partial charge >= 0.3 is 6.18 Å². The van der Waals surface area contributed by atoms with E-state index in [1.807, 2.05) is 74.7 Å². The second-order valence-electron chi connectivity index (χ2n) is 22.3. The standard InChI is InChI=1S/C58H91BrCl2F3N3O7S2/c1-12-32-72-40-54(29-33-71-35-34-69-9)56(42-70-10,58(62,63)64)67(53(39-61,37-51(38-59,27-30-60)66(14-3)15-4)57(68)36-46-25-26-50(57,8)49(46,6)7)52(28-31-65-13-2,43-76-48-24-20-19-21-45(48)5)55(74-54,44-75-11)41-73-47-22-17-16-18-23-47/h12,16-24,46,65,68H,1,13-15,25-44H2,2-11H3. The van der Waals surface area contributed by atoms with Crippen LogP contribution < -0.4 is 10.1 Å². The van der Waals surface area contributed by atoms with Gasteiger partial charge in [0.05, 0.1) is 49.7 Å². The van der Waals surface area contributed by atoms with E-state index in [9.17, 15) is 0 Å². The number of fused-ring (bicyclic) bond motifs is 2. The number of nitrogens with one attached hydrogen (secondary N) is 1. The molecule has 9 atom stereocenters. The van der Waals surface area contributed by atoms with Crippen LogP contribution in [0.3, 0.4) is 0 Å². The van der Waals surface area contributed by atoms with Gasteiger partial charge in [-0.3, -0.25) is 9.80 Å². The summed E-state index contributed by atoms with van der Waals surface area (Å²) >= 11 is 22.2. The molecule has 10 nitrogen and oxygen atoms in total. The Morgan fingerprint density at radius 1 is 0.934 bits per heavy atom. The molecule has 1 heterocycles. The monoisotopic (exact) mass is 1210 g/mol. The average Bonchev–Trinajstić information content (AvgIpc) is 3.78. The van der Waals surface area contributed by atoms with Crippen LogP contribution in [0.25, 0.3) is 0 Å².